The first-order valence-electron chi connectivity index (χ1n) is 8.50. The highest BCUT2D eigenvalue weighted by Gasteiger charge is 2.21. The average Bonchev–Trinajstić information content (AvgIpc) is 2.67. The summed E-state index contributed by atoms with van der Waals surface area (Å²) in [5, 5.41) is 20.9. The molecule has 3 rings (SSSR count). The van der Waals surface area contributed by atoms with Gasteiger partial charge in [-0.1, -0.05) is 24.3 Å². The number of allylic oxidation sites excluding steroid dienone is 1. The molecule has 1 aliphatic rings. The molecule has 6 heteroatoms. The number of nitro benzene ring substituents is 1. The number of nitriles is 1. The van der Waals surface area contributed by atoms with E-state index in [0.29, 0.717) is 11.3 Å². The summed E-state index contributed by atoms with van der Waals surface area (Å²) in [4.78, 5) is 13.1. The van der Waals surface area contributed by atoms with Crippen molar-refractivity contribution in [3.05, 3.63) is 69.5 Å². The first-order valence-corrected chi connectivity index (χ1v) is 8.50. The molecule has 0 unspecified atom stereocenters. The van der Waals surface area contributed by atoms with E-state index in [9.17, 15) is 19.8 Å². The van der Waals surface area contributed by atoms with Gasteiger partial charge in [0.1, 0.15) is 11.5 Å². The molecule has 0 amide bonds. The van der Waals surface area contributed by atoms with Crippen molar-refractivity contribution < 1.29 is 9.31 Å². The summed E-state index contributed by atoms with van der Waals surface area (Å²) in [7, 11) is 0. The van der Waals surface area contributed by atoms with Gasteiger partial charge >= 0.3 is 0 Å². The fourth-order valence-corrected chi connectivity index (χ4v) is 3.20. The molecule has 0 atom stereocenters. The molecule has 0 aromatic heterocycles. The summed E-state index contributed by atoms with van der Waals surface area (Å²) in [6.07, 6.45) is 4.65. The smallest absolute Gasteiger partial charge is 0.293 e. The number of nitro groups is 1. The van der Waals surface area contributed by atoms with Crippen LogP contribution < -0.4 is 4.90 Å². The molecule has 1 fully saturated rings. The van der Waals surface area contributed by atoms with E-state index in [-0.39, 0.29) is 16.8 Å². The Labute approximate surface area is 151 Å². The van der Waals surface area contributed by atoms with E-state index < -0.39 is 10.7 Å². The van der Waals surface area contributed by atoms with Gasteiger partial charge in [0.05, 0.1) is 16.6 Å². The molecule has 1 heterocycles. The Morgan fingerprint density at radius 2 is 1.92 bits per heavy atom. The van der Waals surface area contributed by atoms with Gasteiger partial charge < -0.3 is 4.90 Å². The lowest BCUT2D eigenvalue weighted by Crippen LogP contribution is -2.29. The van der Waals surface area contributed by atoms with E-state index in [2.05, 4.69) is 0 Å². The Morgan fingerprint density at radius 1 is 1.19 bits per heavy atom. The first kappa shape index (κ1) is 17.6. The standard InChI is InChI=1S/C20H18FN3O2/c21-18-7-3-2-6-17(18)16(14-22)12-15-8-9-19(20(13-15)24(25)26)23-10-4-1-5-11-23/h2-3,6-9,12-13H,1,4-5,10-11H2/b16-12+. The maximum absolute atomic E-state index is 13.9. The van der Waals surface area contributed by atoms with Gasteiger partial charge in [-0.2, -0.15) is 5.26 Å². The number of hydrogen-bond acceptors (Lipinski definition) is 4. The van der Waals surface area contributed by atoms with Crippen LogP contribution in [0.25, 0.3) is 11.6 Å². The van der Waals surface area contributed by atoms with Crippen LogP contribution in [0.1, 0.15) is 30.4 Å². The van der Waals surface area contributed by atoms with Crippen LogP contribution in [-0.4, -0.2) is 18.0 Å². The van der Waals surface area contributed by atoms with Crippen LogP contribution in [0.15, 0.2) is 42.5 Å². The molecule has 0 N–H and O–H groups in total. The average molecular weight is 351 g/mol. The second-order valence-electron chi connectivity index (χ2n) is 6.20. The summed E-state index contributed by atoms with van der Waals surface area (Å²) >= 11 is 0. The highest BCUT2D eigenvalue weighted by atomic mass is 19.1. The quantitative estimate of drug-likeness (QED) is 0.344. The van der Waals surface area contributed by atoms with Crippen LogP contribution in [0.3, 0.4) is 0 Å². The van der Waals surface area contributed by atoms with Gasteiger partial charge in [0.2, 0.25) is 0 Å². The van der Waals surface area contributed by atoms with E-state index in [1.54, 1.807) is 24.3 Å². The fraction of sp³-hybridized carbons (Fsp3) is 0.250. The molecule has 5 nitrogen and oxygen atoms in total. The van der Waals surface area contributed by atoms with Gasteiger partial charge in [0.15, 0.2) is 0 Å². The Kier molecular flexibility index (Phi) is 5.28. The van der Waals surface area contributed by atoms with E-state index in [0.717, 1.165) is 32.4 Å². The van der Waals surface area contributed by atoms with Crippen molar-refractivity contribution in [2.45, 2.75) is 19.3 Å². The highest BCUT2D eigenvalue weighted by Crippen LogP contribution is 2.32. The number of hydrogen-bond donors (Lipinski definition) is 0. The summed E-state index contributed by atoms with van der Waals surface area (Å²) < 4.78 is 13.9. The molecule has 0 bridgehead atoms. The van der Waals surface area contributed by atoms with E-state index in [4.69, 9.17) is 0 Å². The maximum atomic E-state index is 13.9. The van der Waals surface area contributed by atoms with Gasteiger partial charge in [0.25, 0.3) is 5.69 Å². The highest BCUT2D eigenvalue weighted by molar-refractivity contribution is 5.90. The normalized spacial score (nSPS) is 14.8. The Morgan fingerprint density at radius 3 is 2.58 bits per heavy atom. The number of nitrogens with zero attached hydrogens (tertiary/aromatic N) is 3. The largest absolute Gasteiger partial charge is 0.366 e. The number of rotatable bonds is 4. The van der Waals surface area contributed by atoms with E-state index in [1.807, 2.05) is 11.0 Å². The molecule has 2 aromatic carbocycles. The van der Waals surface area contributed by atoms with Gasteiger partial charge in [0, 0.05) is 24.7 Å². The zero-order chi connectivity index (χ0) is 18.5. The second kappa shape index (κ2) is 7.79. The molecule has 0 aliphatic carbocycles. The summed E-state index contributed by atoms with van der Waals surface area (Å²) in [6.45, 7) is 1.60. The number of halogens is 1. The third-order valence-electron chi connectivity index (χ3n) is 4.49. The van der Waals surface area contributed by atoms with Crippen molar-refractivity contribution in [3.8, 4) is 6.07 Å². The van der Waals surface area contributed by atoms with Crippen molar-refractivity contribution in [1.82, 2.24) is 0 Å². The fourth-order valence-electron chi connectivity index (χ4n) is 3.20. The predicted octanol–water partition coefficient (Wildman–Crippen LogP) is 4.79. The van der Waals surface area contributed by atoms with Crippen molar-refractivity contribution in [2.24, 2.45) is 0 Å². The monoisotopic (exact) mass is 351 g/mol. The van der Waals surface area contributed by atoms with Gasteiger partial charge in [-0.3, -0.25) is 10.1 Å². The zero-order valence-electron chi connectivity index (χ0n) is 14.2. The molecular weight excluding hydrogens is 333 g/mol. The van der Waals surface area contributed by atoms with Crippen molar-refractivity contribution >= 4 is 23.0 Å². The predicted molar refractivity (Wildman–Crippen MR) is 99.0 cm³/mol. The van der Waals surface area contributed by atoms with Crippen LogP contribution in [0.5, 0.6) is 0 Å². The molecule has 0 spiro atoms. The molecule has 2 aromatic rings. The van der Waals surface area contributed by atoms with Gasteiger partial charge in [-0.05, 0) is 43.0 Å². The summed E-state index contributed by atoms with van der Waals surface area (Å²) in [6, 6.07) is 12.9. The third kappa shape index (κ3) is 3.72. The van der Waals surface area contributed by atoms with Crippen LogP contribution in [0, 0.1) is 27.3 Å². The Balaban J connectivity index is 2.00. The van der Waals surface area contributed by atoms with Crippen molar-refractivity contribution in [2.75, 3.05) is 18.0 Å². The van der Waals surface area contributed by atoms with Crippen LogP contribution in [-0.2, 0) is 0 Å². The van der Waals surface area contributed by atoms with E-state index >= 15 is 0 Å². The first-order chi connectivity index (χ1) is 12.6. The molecule has 0 saturated carbocycles. The maximum Gasteiger partial charge on any atom is 0.293 e. The minimum absolute atomic E-state index is 0.00599. The molecule has 26 heavy (non-hydrogen) atoms. The Bertz CT molecular complexity index is 896. The third-order valence-corrected chi connectivity index (χ3v) is 4.49. The van der Waals surface area contributed by atoms with Crippen molar-refractivity contribution in [3.63, 3.8) is 0 Å². The number of anilines is 1. The van der Waals surface area contributed by atoms with Crippen LogP contribution in [0.2, 0.25) is 0 Å². The zero-order valence-corrected chi connectivity index (χ0v) is 14.2. The van der Waals surface area contributed by atoms with Gasteiger partial charge in [-0.25, -0.2) is 4.39 Å². The lowest BCUT2D eigenvalue weighted by Gasteiger charge is -2.28. The van der Waals surface area contributed by atoms with Gasteiger partial charge in [-0.15, -0.1) is 0 Å². The summed E-state index contributed by atoms with van der Waals surface area (Å²) in [5.74, 6) is -0.500. The lowest BCUT2D eigenvalue weighted by atomic mass is 10.0. The van der Waals surface area contributed by atoms with E-state index in [1.165, 1.54) is 24.3 Å². The van der Waals surface area contributed by atoms with Crippen molar-refractivity contribution in [1.29, 1.82) is 5.26 Å². The Hall–Kier alpha value is -3.20. The number of benzene rings is 2. The molecule has 132 valence electrons. The van der Waals surface area contributed by atoms with Crippen LogP contribution >= 0.6 is 0 Å². The topological polar surface area (TPSA) is 70.2 Å². The lowest BCUT2D eigenvalue weighted by molar-refractivity contribution is -0.384. The molecule has 1 aliphatic heterocycles. The molecule has 1 saturated heterocycles. The minimum atomic E-state index is -0.500. The van der Waals surface area contributed by atoms with Crippen LogP contribution in [0.4, 0.5) is 15.8 Å². The number of piperidine rings is 1. The summed E-state index contributed by atoms with van der Waals surface area (Å²) in [5.41, 5.74) is 1.40. The molecule has 0 radical (unpaired) electrons. The second-order valence-corrected chi connectivity index (χ2v) is 6.20. The molecular formula is C20H18FN3O2. The SMILES string of the molecule is N#C/C(=C\c1ccc(N2CCCCC2)c([N+](=O)[O-])c1)c1ccccc1F. The minimum Gasteiger partial charge on any atom is -0.366 e.